The highest BCUT2D eigenvalue weighted by atomic mass is 16.3. The number of carbonyl (C=O) groups is 1. The minimum absolute atomic E-state index is 0.0844. The van der Waals surface area contributed by atoms with E-state index in [4.69, 9.17) is 0 Å². The van der Waals surface area contributed by atoms with Crippen LogP contribution in [0.1, 0.15) is 10.4 Å². The SMILES string of the molecule is CN(C)CCNC(=O)c1c(O)ccc2[nH]c3ccc4c(=O)cccc4c3nc12. The molecule has 4 rings (SSSR count). The van der Waals surface area contributed by atoms with Crippen molar-refractivity contribution in [2.24, 2.45) is 0 Å². The Bertz CT molecular complexity index is 1280. The molecule has 0 aliphatic rings. The van der Waals surface area contributed by atoms with Crippen molar-refractivity contribution in [2.75, 3.05) is 27.2 Å². The van der Waals surface area contributed by atoms with E-state index in [9.17, 15) is 14.7 Å². The first-order chi connectivity index (χ1) is 13.5. The lowest BCUT2D eigenvalue weighted by Gasteiger charge is -2.13. The molecule has 28 heavy (non-hydrogen) atoms. The molecule has 0 atom stereocenters. The molecule has 0 unspecified atom stereocenters. The average Bonchev–Trinajstić information content (AvgIpc) is 2.66. The molecular weight excluding hydrogens is 356 g/mol. The van der Waals surface area contributed by atoms with Crippen molar-refractivity contribution in [2.45, 2.75) is 0 Å². The fraction of sp³-hybridized carbons (Fsp3) is 0.190. The van der Waals surface area contributed by atoms with Crippen molar-refractivity contribution in [1.29, 1.82) is 0 Å². The maximum atomic E-state index is 12.7. The van der Waals surface area contributed by atoms with Gasteiger partial charge in [0.25, 0.3) is 5.91 Å². The van der Waals surface area contributed by atoms with Crippen LogP contribution in [-0.4, -0.2) is 53.1 Å². The van der Waals surface area contributed by atoms with E-state index in [1.807, 2.05) is 25.1 Å². The smallest absolute Gasteiger partial charge is 0.257 e. The lowest BCUT2D eigenvalue weighted by Crippen LogP contribution is -2.31. The van der Waals surface area contributed by atoms with Crippen LogP contribution < -0.4 is 10.7 Å². The maximum absolute atomic E-state index is 12.7. The lowest BCUT2D eigenvalue weighted by atomic mass is 10.1. The van der Waals surface area contributed by atoms with Crippen LogP contribution in [0.3, 0.4) is 0 Å². The number of H-pyrrole nitrogens is 1. The van der Waals surface area contributed by atoms with E-state index in [-0.39, 0.29) is 16.7 Å². The van der Waals surface area contributed by atoms with Gasteiger partial charge in [0.1, 0.15) is 16.8 Å². The molecule has 3 N–H and O–H groups in total. The molecule has 1 amide bonds. The summed E-state index contributed by atoms with van der Waals surface area (Å²) in [6.07, 6.45) is 0. The Labute approximate surface area is 160 Å². The van der Waals surface area contributed by atoms with Gasteiger partial charge in [0, 0.05) is 23.9 Å². The van der Waals surface area contributed by atoms with Crippen molar-refractivity contribution >= 4 is 38.7 Å². The van der Waals surface area contributed by atoms with Gasteiger partial charge < -0.3 is 20.3 Å². The van der Waals surface area contributed by atoms with Crippen molar-refractivity contribution in [1.82, 2.24) is 20.2 Å². The number of carbonyl (C=O) groups excluding carboxylic acids is 1. The predicted molar refractivity (Wildman–Crippen MR) is 110 cm³/mol. The summed E-state index contributed by atoms with van der Waals surface area (Å²) in [5.41, 5.74) is 2.34. The van der Waals surface area contributed by atoms with Crippen molar-refractivity contribution < 1.29 is 9.90 Å². The molecule has 0 aliphatic carbocycles. The van der Waals surface area contributed by atoms with Gasteiger partial charge in [0.15, 0.2) is 5.43 Å². The molecule has 142 valence electrons. The Morgan fingerprint density at radius 3 is 2.61 bits per heavy atom. The number of aromatic hydroxyl groups is 1. The number of likely N-dealkylation sites (N-methyl/N-ethyl adjacent to an activating group) is 1. The van der Waals surface area contributed by atoms with Gasteiger partial charge in [-0.2, -0.15) is 0 Å². The zero-order valence-electron chi connectivity index (χ0n) is 15.6. The number of amides is 1. The van der Waals surface area contributed by atoms with Gasteiger partial charge in [-0.25, -0.2) is 4.98 Å². The molecule has 0 saturated heterocycles. The monoisotopic (exact) mass is 376 g/mol. The number of benzene rings is 3. The number of rotatable bonds is 4. The van der Waals surface area contributed by atoms with Crippen LogP contribution in [-0.2, 0) is 0 Å². The molecule has 7 heteroatoms. The largest absolute Gasteiger partial charge is 0.507 e. The first-order valence-electron chi connectivity index (χ1n) is 8.96. The van der Waals surface area contributed by atoms with Crippen LogP contribution in [0.25, 0.3) is 32.8 Å². The third kappa shape index (κ3) is 3.05. The van der Waals surface area contributed by atoms with E-state index in [2.05, 4.69) is 15.3 Å². The third-order valence-electron chi connectivity index (χ3n) is 4.71. The minimum Gasteiger partial charge on any atom is -0.507 e. The highest BCUT2D eigenvalue weighted by Gasteiger charge is 2.18. The van der Waals surface area contributed by atoms with E-state index in [1.165, 1.54) is 12.1 Å². The van der Waals surface area contributed by atoms with Gasteiger partial charge in [-0.15, -0.1) is 0 Å². The van der Waals surface area contributed by atoms with Crippen LogP contribution in [0.15, 0.2) is 47.3 Å². The summed E-state index contributed by atoms with van der Waals surface area (Å²) in [6.45, 7) is 1.12. The molecule has 0 spiro atoms. The summed E-state index contributed by atoms with van der Waals surface area (Å²) in [4.78, 5) is 34.7. The van der Waals surface area contributed by atoms with Crippen LogP contribution in [0.4, 0.5) is 0 Å². The Hall–Kier alpha value is -3.45. The van der Waals surface area contributed by atoms with Gasteiger partial charge in [0.05, 0.1) is 16.6 Å². The highest BCUT2D eigenvalue weighted by molar-refractivity contribution is 6.11. The first-order valence-corrected chi connectivity index (χ1v) is 8.96. The van der Waals surface area contributed by atoms with E-state index in [0.717, 1.165) is 5.52 Å². The number of nitrogens with one attached hydrogen (secondary N) is 2. The van der Waals surface area contributed by atoms with Crippen LogP contribution in [0.5, 0.6) is 5.75 Å². The second-order valence-electron chi connectivity index (χ2n) is 6.96. The Kier molecular flexibility index (Phi) is 4.44. The number of fused-ring (bicyclic) bond motifs is 4. The van der Waals surface area contributed by atoms with Gasteiger partial charge in [0.2, 0.25) is 0 Å². The van der Waals surface area contributed by atoms with E-state index >= 15 is 0 Å². The summed E-state index contributed by atoms with van der Waals surface area (Å²) in [5, 5.41) is 14.4. The van der Waals surface area contributed by atoms with Gasteiger partial charge in [-0.3, -0.25) is 9.59 Å². The standard InChI is InChI=1S/C21H20N4O3/c1-25(2)11-10-22-21(28)18-17(27)9-8-15-20(18)24-19-13-4-3-5-16(26)12(13)6-7-14(19)23-15/h3-9,23,27H,10-11H2,1-2H3,(H,22,28). The fourth-order valence-corrected chi connectivity index (χ4v) is 3.29. The number of nitrogens with zero attached hydrogens (tertiary/aromatic N) is 2. The summed E-state index contributed by atoms with van der Waals surface area (Å²) in [6, 6.07) is 11.7. The third-order valence-corrected chi connectivity index (χ3v) is 4.71. The molecule has 3 aromatic carbocycles. The normalized spacial score (nSPS) is 11.5. The van der Waals surface area contributed by atoms with Gasteiger partial charge >= 0.3 is 0 Å². The van der Waals surface area contributed by atoms with Crippen LogP contribution in [0, 0.1) is 0 Å². The van der Waals surface area contributed by atoms with Crippen molar-refractivity contribution in [3.8, 4) is 5.75 Å². The van der Waals surface area contributed by atoms with Gasteiger partial charge in [-0.1, -0.05) is 12.1 Å². The summed E-state index contributed by atoms with van der Waals surface area (Å²) >= 11 is 0. The number of hydrogen-bond donors (Lipinski definition) is 3. The lowest BCUT2D eigenvalue weighted by molar-refractivity contribution is 0.0950. The number of phenolic OH excluding ortho intramolecular Hbond substituents is 1. The fourth-order valence-electron chi connectivity index (χ4n) is 3.29. The number of aromatic nitrogens is 2. The Morgan fingerprint density at radius 1 is 1.07 bits per heavy atom. The minimum atomic E-state index is -0.394. The summed E-state index contributed by atoms with van der Waals surface area (Å²) < 4.78 is 0. The molecule has 4 aromatic rings. The molecule has 1 aromatic heterocycles. The molecule has 0 radical (unpaired) electrons. The molecule has 7 nitrogen and oxygen atoms in total. The molecule has 1 heterocycles. The summed E-state index contributed by atoms with van der Waals surface area (Å²) in [5.74, 6) is -0.533. The van der Waals surface area contributed by atoms with E-state index < -0.39 is 5.91 Å². The first kappa shape index (κ1) is 17.9. The van der Waals surface area contributed by atoms with E-state index in [1.54, 1.807) is 24.3 Å². The molecule has 0 fully saturated rings. The molecule has 0 bridgehead atoms. The Balaban J connectivity index is 1.93. The van der Waals surface area contributed by atoms with Gasteiger partial charge in [-0.05, 0) is 44.4 Å². The Morgan fingerprint density at radius 2 is 1.82 bits per heavy atom. The second-order valence-corrected chi connectivity index (χ2v) is 6.96. The predicted octanol–water partition coefficient (Wildman–Crippen LogP) is 2.23. The van der Waals surface area contributed by atoms with Crippen LogP contribution in [0.2, 0.25) is 0 Å². The molecule has 0 saturated carbocycles. The zero-order chi connectivity index (χ0) is 19.8. The topological polar surface area (TPSA) is 98.3 Å². The number of phenols is 1. The quantitative estimate of drug-likeness (QED) is 0.375. The molecular formula is C21H20N4O3. The van der Waals surface area contributed by atoms with Crippen molar-refractivity contribution in [3.63, 3.8) is 0 Å². The summed E-state index contributed by atoms with van der Waals surface area (Å²) in [7, 11) is 3.83. The van der Waals surface area contributed by atoms with Crippen molar-refractivity contribution in [3.05, 3.63) is 58.3 Å². The van der Waals surface area contributed by atoms with Crippen LogP contribution >= 0.6 is 0 Å². The zero-order valence-corrected chi connectivity index (χ0v) is 15.6. The second kappa shape index (κ2) is 6.94. The average molecular weight is 376 g/mol. The number of hydrogen-bond acceptors (Lipinski definition) is 5. The van der Waals surface area contributed by atoms with E-state index in [0.29, 0.717) is 40.4 Å². The molecule has 0 aliphatic heterocycles. The highest BCUT2D eigenvalue weighted by Crippen LogP contribution is 2.28. The number of aromatic amines is 1. The maximum Gasteiger partial charge on any atom is 0.257 e.